The molecule has 0 bridgehead atoms. The molecule has 0 aromatic heterocycles. The lowest BCUT2D eigenvalue weighted by atomic mass is 9.86. The first-order valence-electron chi connectivity index (χ1n) is 5.03. The summed E-state index contributed by atoms with van der Waals surface area (Å²) in [5.74, 6) is 0.724. The summed E-state index contributed by atoms with van der Waals surface area (Å²) >= 11 is 0. The van der Waals surface area contributed by atoms with E-state index in [1.807, 2.05) is 0 Å². The average molecular weight is 183 g/mol. The Balaban J connectivity index is 2.69. The monoisotopic (exact) mass is 183 g/mol. The van der Waals surface area contributed by atoms with Gasteiger partial charge in [-0.25, -0.2) is 0 Å². The van der Waals surface area contributed by atoms with Gasteiger partial charge in [-0.3, -0.25) is 4.99 Å². The molecule has 0 radical (unpaired) electrons. The predicted octanol–water partition coefficient (Wildman–Crippen LogP) is 1.44. The van der Waals surface area contributed by atoms with Gasteiger partial charge in [-0.05, 0) is 11.8 Å². The molecule has 0 aromatic carbocycles. The molecule has 0 spiro atoms. The predicted molar refractivity (Wildman–Crippen MR) is 56.7 cm³/mol. The van der Waals surface area contributed by atoms with Crippen molar-refractivity contribution in [2.45, 2.75) is 40.2 Å². The molecule has 0 fully saturated rings. The third-order valence-electron chi connectivity index (χ3n) is 2.56. The summed E-state index contributed by atoms with van der Waals surface area (Å²) in [4.78, 5) is 6.54. The standard InChI is InChI=1S/C10H21N3/c1-5-6-13-8(10(2,3)4)7-12-9(13)11/h8H,5-7H2,1-4H3,(H2,11,12). The van der Waals surface area contributed by atoms with Crippen LogP contribution in [0.4, 0.5) is 0 Å². The molecule has 1 aliphatic rings. The molecule has 0 saturated heterocycles. The van der Waals surface area contributed by atoms with Crippen LogP contribution < -0.4 is 5.73 Å². The molecule has 3 heteroatoms. The first kappa shape index (κ1) is 10.4. The zero-order valence-electron chi connectivity index (χ0n) is 9.17. The molecule has 0 aliphatic carbocycles. The van der Waals surface area contributed by atoms with E-state index in [1.54, 1.807) is 0 Å². The minimum absolute atomic E-state index is 0.264. The van der Waals surface area contributed by atoms with E-state index < -0.39 is 0 Å². The summed E-state index contributed by atoms with van der Waals surface area (Å²) in [6.07, 6.45) is 1.13. The normalized spacial score (nSPS) is 23.5. The van der Waals surface area contributed by atoms with Gasteiger partial charge >= 0.3 is 0 Å². The lowest BCUT2D eigenvalue weighted by Crippen LogP contribution is -2.47. The van der Waals surface area contributed by atoms with Crippen molar-refractivity contribution in [1.82, 2.24) is 4.90 Å². The third kappa shape index (κ3) is 2.14. The summed E-state index contributed by atoms with van der Waals surface area (Å²) in [6, 6.07) is 0.479. The molecular weight excluding hydrogens is 162 g/mol. The second-order valence-electron chi connectivity index (χ2n) is 4.77. The second kappa shape index (κ2) is 3.56. The molecule has 13 heavy (non-hydrogen) atoms. The van der Waals surface area contributed by atoms with E-state index in [1.165, 1.54) is 0 Å². The van der Waals surface area contributed by atoms with Crippen LogP contribution >= 0.6 is 0 Å². The first-order chi connectivity index (χ1) is 5.96. The van der Waals surface area contributed by atoms with Gasteiger partial charge in [-0.1, -0.05) is 27.7 Å². The highest BCUT2D eigenvalue weighted by Gasteiger charge is 2.34. The summed E-state index contributed by atoms with van der Waals surface area (Å²) in [7, 11) is 0. The molecule has 2 N–H and O–H groups in total. The largest absolute Gasteiger partial charge is 0.370 e. The highest BCUT2D eigenvalue weighted by atomic mass is 15.3. The van der Waals surface area contributed by atoms with Crippen LogP contribution in [0.1, 0.15) is 34.1 Å². The van der Waals surface area contributed by atoms with E-state index in [4.69, 9.17) is 5.73 Å². The molecule has 0 aromatic rings. The fourth-order valence-electron chi connectivity index (χ4n) is 1.78. The molecule has 76 valence electrons. The van der Waals surface area contributed by atoms with Gasteiger partial charge < -0.3 is 10.6 Å². The SMILES string of the molecule is CCCN1C(N)=NCC1C(C)(C)C. The van der Waals surface area contributed by atoms with Crippen LogP contribution in [0.25, 0.3) is 0 Å². The average Bonchev–Trinajstić information content (AvgIpc) is 2.32. The van der Waals surface area contributed by atoms with Gasteiger partial charge in [0.25, 0.3) is 0 Å². The van der Waals surface area contributed by atoms with E-state index in [9.17, 15) is 0 Å². The highest BCUT2D eigenvalue weighted by molar-refractivity contribution is 5.80. The molecule has 1 atom stereocenters. The van der Waals surface area contributed by atoms with Crippen molar-refractivity contribution in [2.24, 2.45) is 16.1 Å². The van der Waals surface area contributed by atoms with Gasteiger partial charge in [0.15, 0.2) is 5.96 Å². The minimum Gasteiger partial charge on any atom is -0.370 e. The van der Waals surface area contributed by atoms with Crippen LogP contribution in [0.15, 0.2) is 4.99 Å². The fourth-order valence-corrected chi connectivity index (χ4v) is 1.78. The van der Waals surface area contributed by atoms with Crippen molar-refractivity contribution in [3.63, 3.8) is 0 Å². The van der Waals surface area contributed by atoms with Crippen molar-refractivity contribution in [2.75, 3.05) is 13.1 Å². The van der Waals surface area contributed by atoms with Crippen LogP contribution in [0, 0.1) is 5.41 Å². The number of hydrogen-bond donors (Lipinski definition) is 1. The maximum Gasteiger partial charge on any atom is 0.191 e. The van der Waals surface area contributed by atoms with E-state index in [0.717, 1.165) is 25.5 Å². The van der Waals surface area contributed by atoms with Gasteiger partial charge in [-0.2, -0.15) is 0 Å². The molecule has 1 unspecified atom stereocenters. The van der Waals surface area contributed by atoms with E-state index in [2.05, 4.69) is 37.6 Å². The fraction of sp³-hybridized carbons (Fsp3) is 0.900. The minimum atomic E-state index is 0.264. The van der Waals surface area contributed by atoms with Crippen molar-refractivity contribution in [3.8, 4) is 0 Å². The Morgan fingerprint density at radius 2 is 2.15 bits per heavy atom. The van der Waals surface area contributed by atoms with Crippen LogP contribution in [0.3, 0.4) is 0 Å². The van der Waals surface area contributed by atoms with E-state index >= 15 is 0 Å². The summed E-state index contributed by atoms with van der Waals surface area (Å²) in [6.45, 7) is 10.8. The number of nitrogens with two attached hydrogens (primary N) is 1. The Hall–Kier alpha value is -0.730. The molecule has 1 heterocycles. The Kier molecular flexibility index (Phi) is 2.84. The molecular formula is C10H21N3. The number of nitrogens with zero attached hydrogens (tertiary/aromatic N) is 2. The van der Waals surface area contributed by atoms with Gasteiger partial charge in [0.05, 0.1) is 12.6 Å². The second-order valence-corrected chi connectivity index (χ2v) is 4.77. The molecule has 1 rings (SSSR count). The van der Waals surface area contributed by atoms with Crippen molar-refractivity contribution >= 4 is 5.96 Å². The molecule has 1 aliphatic heterocycles. The van der Waals surface area contributed by atoms with Crippen molar-refractivity contribution in [1.29, 1.82) is 0 Å². The Morgan fingerprint density at radius 3 is 2.62 bits per heavy atom. The van der Waals surface area contributed by atoms with Crippen LogP contribution in [0.2, 0.25) is 0 Å². The topological polar surface area (TPSA) is 41.6 Å². The Labute approximate surface area is 81.0 Å². The lowest BCUT2D eigenvalue weighted by molar-refractivity contribution is 0.188. The van der Waals surface area contributed by atoms with E-state index in [-0.39, 0.29) is 5.41 Å². The maximum atomic E-state index is 5.83. The number of rotatable bonds is 2. The number of aliphatic imine (C=N–C) groups is 1. The van der Waals surface area contributed by atoms with Crippen molar-refractivity contribution in [3.05, 3.63) is 0 Å². The van der Waals surface area contributed by atoms with Crippen molar-refractivity contribution < 1.29 is 0 Å². The highest BCUT2D eigenvalue weighted by Crippen LogP contribution is 2.27. The summed E-state index contributed by atoms with van der Waals surface area (Å²) in [5, 5.41) is 0. The maximum absolute atomic E-state index is 5.83. The Bertz CT molecular complexity index is 203. The molecule has 0 amide bonds. The van der Waals surface area contributed by atoms with Crippen LogP contribution in [0.5, 0.6) is 0 Å². The number of hydrogen-bond acceptors (Lipinski definition) is 3. The van der Waals surface area contributed by atoms with Gasteiger partial charge in [0.2, 0.25) is 0 Å². The smallest absolute Gasteiger partial charge is 0.191 e. The summed E-state index contributed by atoms with van der Waals surface area (Å²) < 4.78 is 0. The zero-order chi connectivity index (χ0) is 10.1. The zero-order valence-corrected chi connectivity index (χ0v) is 9.17. The number of guanidine groups is 1. The quantitative estimate of drug-likeness (QED) is 0.704. The van der Waals surface area contributed by atoms with Crippen LogP contribution in [-0.4, -0.2) is 30.0 Å². The van der Waals surface area contributed by atoms with E-state index in [0.29, 0.717) is 6.04 Å². The Morgan fingerprint density at radius 1 is 1.54 bits per heavy atom. The van der Waals surface area contributed by atoms with Gasteiger partial charge in [0.1, 0.15) is 0 Å². The summed E-state index contributed by atoms with van der Waals surface area (Å²) in [5.41, 5.74) is 6.09. The lowest BCUT2D eigenvalue weighted by Gasteiger charge is -2.35. The van der Waals surface area contributed by atoms with Crippen LogP contribution in [-0.2, 0) is 0 Å². The van der Waals surface area contributed by atoms with Gasteiger partial charge in [0, 0.05) is 6.54 Å². The third-order valence-corrected chi connectivity index (χ3v) is 2.56. The van der Waals surface area contributed by atoms with Gasteiger partial charge in [-0.15, -0.1) is 0 Å². The molecule has 0 saturated carbocycles. The first-order valence-corrected chi connectivity index (χ1v) is 5.03. The molecule has 3 nitrogen and oxygen atoms in total.